The predicted octanol–water partition coefficient (Wildman–Crippen LogP) is 2.42. The van der Waals surface area contributed by atoms with Crippen LogP contribution in [0.4, 0.5) is 0 Å². The molecule has 1 aliphatic heterocycles. The molecule has 1 aliphatic rings. The molecule has 0 aliphatic carbocycles. The zero-order chi connectivity index (χ0) is 21.1. The molecule has 30 heavy (non-hydrogen) atoms. The Morgan fingerprint density at radius 2 is 2.20 bits per heavy atom. The van der Waals surface area contributed by atoms with Crippen molar-refractivity contribution in [3.8, 4) is 5.75 Å². The lowest BCUT2D eigenvalue weighted by molar-refractivity contribution is -0.155. The Morgan fingerprint density at radius 3 is 3.07 bits per heavy atom. The number of fused-ring (bicyclic) bond motifs is 2. The van der Waals surface area contributed by atoms with Crippen LogP contribution in [0.1, 0.15) is 31.4 Å². The standard InChI is InChI=1S/C21H21N3O5S/c1-13(19(26)23-16-7-10-28-17-5-3-2-4-14(16)17)29-18(25)6-9-24-12-22-20-15(21(24)27)8-11-30-20/h2-5,8,11-13,16H,6-7,9-10H2,1H3,(H,23,26). The van der Waals surface area contributed by atoms with Gasteiger partial charge in [0.15, 0.2) is 6.10 Å². The zero-order valence-electron chi connectivity index (χ0n) is 16.4. The van der Waals surface area contributed by atoms with E-state index in [2.05, 4.69) is 10.3 Å². The van der Waals surface area contributed by atoms with E-state index < -0.39 is 12.1 Å². The minimum absolute atomic E-state index is 0.0328. The molecular weight excluding hydrogens is 406 g/mol. The second kappa shape index (κ2) is 8.66. The Bertz CT molecular complexity index is 1140. The first-order valence-electron chi connectivity index (χ1n) is 9.67. The molecule has 1 aromatic carbocycles. The highest BCUT2D eigenvalue weighted by Crippen LogP contribution is 2.31. The predicted molar refractivity (Wildman–Crippen MR) is 111 cm³/mol. The average Bonchev–Trinajstić information content (AvgIpc) is 3.23. The zero-order valence-corrected chi connectivity index (χ0v) is 17.2. The van der Waals surface area contributed by atoms with Gasteiger partial charge in [-0.05, 0) is 24.4 Å². The summed E-state index contributed by atoms with van der Waals surface area (Å²) in [4.78, 5) is 41.9. The number of carbonyl (C=O) groups excluding carboxylic acids is 2. The third kappa shape index (κ3) is 4.20. The van der Waals surface area contributed by atoms with E-state index in [4.69, 9.17) is 9.47 Å². The Labute approximate surface area is 176 Å². The van der Waals surface area contributed by atoms with Gasteiger partial charge in [-0.2, -0.15) is 0 Å². The van der Waals surface area contributed by atoms with Crippen molar-refractivity contribution in [2.24, 2.45) is 0 Å². The number of para-hydroxylation sites is 1. The fourth-order valence-corrected chi connectivity index (χ4v) is 4.08. The van der Waals surface area contributed by atoms with Gasteiger partial charge in [-0.1, -0.05) is 18.2 Å². The average molecular weight is 427 g/mol. The Hall–Kier alpha value is -3.20. The van der Waals surface area contributed by atoms with E-state index in [1.807, 2.05) is 24.3 Å². The van der Waals surface area contributed by atoms with Crippen LogP contribution < -0.4 is 15.6 Å². The summed E-state index contributed by atoms with van der Waals surface area (Å²) in [5.74, 6) is -0.175. The maximum Gasteiger partial charge on any atom is 0.308 e. The van der Waals surface area contributed by atoms with E-state index in [1.165, 1.54) is 29.2 Å². The Balaban J connectivity index is 1.31. The highest BCUT2D eigenvalue weighted by molar-refractivity contribution is 7.16. The number of nitrogens with one attached hydrogen (secondary N) is 1. The number of hydrogen-bond acceptors (Lipinski definition) is 7. The van der Waals surface area contributed by atoms with Gasteiger partial charge in [-0.15, -0.1) is 11.3 Å². The molecule has 0 spiro atoms. The smallest absolute Gasteiger partial charge is 0.308 e. The van der Waals surface area contributed by atoms with Gasteiger partial charge in [-0.3, -0.25) is 19.0 Å². The monoisotopic (exact) mass is 427 g/mol. The molecule has 156 valence electrons. The summed E-state index contributed by atoms with van der Waals surface area (Å²) in [5, 5.41) is 5.25. The number of ether oxygens (including phenoxy) is 2. The Kier molecular flexibility index (Phi) is 5.80. The SMILES string of the molecule is CC(OC(=O)CCn1cnc2sccc2c1=O)C(=O)NC1CCOc2ccccc21. The van der Waals surface area contributed by atoms with Crippen LogP contribution in [0.15, 0.2) is 46.8 Å². The van der Waals surface area contributed by atoms with Crippen LogP contribution in [0.3, 0.4) is 0 Å². The summed E-state index contributed by atoms with van der Waals surface area (Å²) in [6.07, 6.45) is 1.09. The van der Waals surface area contributed by atoms with Crippen molar-refractivity contribution in [1.82, 2.24) is 14.9 Å². The largest absolute Gasteiger partial charge is 0.493 e. The molecule has 2 atom stereocenters. The molecule has 0 saturated carbocycles. The quantitative estimate of drug-likeness (QED) is 0.607. The molecule has 2 unspecified atom stereocenters. The minimum atomic E-state index is -0.943. The number of esters is 1. The Morgan fingerprint density at radius 1 is 1.37 bits per heavy atom. The van der Waals surface area contributed by atoms with Crippen LogP contribution in [0.25, 0.3) is 10.2 Å². The van der Waals surface area contributed by atoms with Crippen molar-refractivity contribution < 1.29 is 19.1 Å². The van der Waals surface area contributed by atoms with Crippen LogP contribution in [-0.4, -0.2) is 34.1 Å². The third-order valence-corrected chi connectivity index (χ3v) is 5.78. The van der Waals surface area contributed by atoms with Crippen molar-refractivity contribution in [2.75, 3.05) is 6.61 Å². The van der Waals surface area contributed by atoms with Gasteiger partial charge in [0.1, 0.15) is 10.6 Å². The van der Waals surface area contributed by atoms with E-state index >= 15 is 0 Å². The van der Waals surface area contributed by atoms with Gasteiger partial charge in [0.25, 0.3) is 11.5 Å². The molecular formula is C21H21N3O5S. The lowest BCUT2D eigenvalue weighted by Crippen LogP contribution is -2.39. The van der Waals surface area contributed by atoms with Crippen LogP contribution >= 0.6 is 11.3 Å². The third-order valence-electron chi connectivity index (χ3n) is 4.96. The van der Waals surface area contributed by atoms with Crippen molar-refractivity contribution in [3.05, 3.63) is 58.0 Å². The molecule has 8 nitrogen and oxygen atoms in total. The number of amides is 1. The first-order chi connectivity index (χ1) is 14.5. The van der Waals surface area contributed by atoms with E-state index in [-0.39, 0.29) is 30.5 Å². The summed E-state index contributed by atoms with van der Waals surface area (Å²) < 4.78 is 12.2. The molecule has 1 amide bonds. The van der Waals surface area contributed by atoms with E-state index in [1.54, 1.807) is 11.4 Å². The number of thiophene rings is 1. The molecule has 3 aromatic rings. The second-order valence-corrected chi connectivity index (χ2v) is 7.90. The first-order valence-corrected chi connectivity index (χ1v) is 10.5. The maximum absolute atomic E-state index is 12.5. The number of aromatic nitrogens is 2. The normalized spacial score (nSPS) is 16.4. The number of aryl methyl sites for hydroxylation is 1. The van der Waals surface area contributed by atoms with Gasteiger partial charge in [-0.25, -0.2) is 4.98 Å². The van der Waals surface area contributed by atoms with Crippen LogP contribution in [0, 0.1) is 0 Å². The van der Waals surface area contributed by atoms with Gasteiger partial charge >= 0.3 is 5.97 Å². The van der Waals surface area contributed by atoms with Crippen molar-refractivity contribution >= 4 is 33.4 Å². The summed E-state index contributed by atoms with van der Waals surface area (Å²) in [6, 6.07) is 9.06. The highest BCUT2D eigenvalue weighted by Gasteiger charge is 2.26. The van der Waals surface area contributed by atoms with Crippen molar-refractivity contribution in [2.45, 2.75) is 38.5 Å². The van der Waals surface area contributed by atoms with Gasteiger partial charge < -0.3 is 14.8 Å². The van der Waals surface area contributed by atoms with Crippen molar-refractivity contribution in [3.63, 3.8) is 0 Å². The van der Waals surface area contributed by atoms with Gasteiger partial charge in [0.05, 0.1) is 30.8 Å². The van der Waals surface area contributed by atoms with Crippen molar-refractivity contribution in [1.29, 1.82) is 0 Å². The highest BCUT2D eigenvalue weighted by atomic mass is 32.1. The fourth-order valence-electron chi connectivity index (χ4n) is 3.36. The molecule has 2 aromatic heterocycles. The molecule has 0 bridgehead atoms. The lowest BCUT2D eigenvalue weighted by Gasteiger charge is -2.27. The topological polar surface area (TPSA) is 99.5 Å². The number of hydrogen-bond donors (Lipinski definition) is 1. The fraction of sp³-hybridized carbons (Fsp3) is 0.333. The summed E-state index contributed by atoms with van der Waals surface area (Å²) in [7, 11) is 0. The van der Waals surface area contributed by atoms with Crippen LogP contribution in [0.2, 0.25) is 0 Å². The number of rotatable bonds is 6. The number of carbonyl (C=O) groups is 2. The molecule has 4 rings (SSSR count). The first kappa shape index (κ1) is 20.1. The summed E-state index contributed by atoms with van der Waals surface area (Å²) in [6.45, 7) is 2.18. The van der Waals surface area contributed by atoms with Gasteiger partial charge in [0, 0.05) is 18.5 Å². The maximum atomic E-state index is 12.5. The summed E-state index contributed by atoms with van der Waals surface area (Å²) in [5.41, 5.74) is 0.712. The molecule has 0 radical (unpaired) electrons. The molecule has 1 N–H and O–H groups in total. The molecule has 0 saturated heterocycles. The number of nitrogens with zero attached hydrogens (tertiary/aromatic N) is 2. The second-order valence-electron chi connectivity index (χ2n) is 7.00. The van der Waals surface area contributed by atoms with E-state index in [0.29, 0.717) is 23.2 Å². The minimum Gasteiger partial charge on any atom is -0.493 e. The van der Waals surface area contributed by atoms with Crippen LogP contribution in [0.5, 0.6) is 5.75 Å². The molecule has 3 heterocycles. The molecule has 9 heteroatoms. The van der Waals surface area contributed by atoms with Gasteiger partial charge in [0.2, 0.25) is 0 Å². The lowest BCUT2D eigenvalue weighted by atomic mass is 10.0. The van der Waals surface area contributed by atoms with Crippen LogP contribution in [-0.2, 0) is 20.9 Å². The molecule has 0 fully saturated rings. The number of benzene rings is 1. The van der Waals surface area contributed by atoms with E-state index in [9.17, 15) is 14.4 Å². The van der Waals surface area contributed by atoms with E-state index in [0.717, 1.165) is 11.3 Å². The summed E-state index contributed by atoms with van der Waals surface area (Å²) >= 11 is 1.39.